The van der Waals surface area contributed by atoms with Gasteiger partial charge in [-0.1, -0.05) is 95.0 Å². The van der Waals surface area contributed by atoms with Crippen LogP contribution in [-0.4, -0.2) is 46.0 Å². The average Bonchev–Trinajstić information content (AvgIpc) is 3.78. The van der Waals surface area contributed by atoms with E-state index in [0.29, 0.717) is 24.2 Å². The summed E-state index contributed by atoms with van der Waals surface area (Å²) in [5.74, 6) is 0.696. The number of aliphatic carboxylic acids is 1. The van der Waals surface area contributed by atoms with Crippen LogP contribution >= 0.6 is 0 Å². The van der Waals surface area contributed by atoms with Gasteiger partial charge in [-0.05, 0) is 85.3 Å². The van der Waals surface area contributed by atoms with Gasteiger partial charge < -0.3 is 14.6 Å². The summed E-state index contributed by atoms with van der Waals surface area (Å²) in [7, 11) is 0. The Kier molecular flexibility index (Phi) is 8.74. The Morgan fingerprint density at radius 1 is 1.11 bits per heavy atom. The van der Waals surface area contributed by atoms with Gasteiger partial charge in [-0.2, -0.15) is 0 Å². The van der Waals surface area contributed by atoms with Crippen LogP contribution in [0.3, 0.4) is 0 Å². The summed E-state index contributed by atoms with van der Waals surface area (Å²) >= 11 is 0. The predicted molar refractivity (Wildman–Crippen MR) is 183 cm³/mol. The van der Waals surface area contributed by atoms with Crippen molar-refractivity contribution in [3.8, 4) is 0 Å². The Balaban J connectivity index is 1.28. The first-order valence-electron chi connectivity index (χ1n) is 18.4. The van der Waals surface area contributed by atoms with E-state index < -0.39 is 22.2 Å². The lowest BCUT2D eigenvalue weighted by Gasteiger charge is -2.60. The second-order valence-corrected chi connectivity index (χ2v) is 16.1. The Labute approximate surface area is 281 Å². The first kappa shape index (κ1) is 32.7. The molecular weight excluding hydrogens is 584 g/mol. The number of hydrogen-bond donors (Lipinski definition) is 1. The first-order chi connectivity index (χ1) is 22.7. The molecule has 1 aliphatic heterocycles. The molecule has 1 N–H and O–H groups in total. The SMILES string of the molecule is CCCCC1CC(C23C[C@@H]4[C@H](C)CC[C@H]4C4(C=O)CC2C=C(C(C)C)C34C(=O)O)OC1CN(Cc1ccccc1)Cc1ccccn1. The number of pyridine rings is 1. The summed E-state index contributed by atoms with van der Waals surface area (Å²) in [5.41, 5.74) is 0.654. The fourth-order valence-electron chi connectivity index (χ4n) is 12.0. The summed E-state index contributed by atoms with van der Waals surface area (Å²) in [6.45, 7) is 11.1. The molecule has 0 spiro atoms. The van der Waals surface area contributed by atoms with Gasteiger partial charge in [0.1, 0.15) is 11.7 Å². The highest BCUT2D eigenvalue weighted by molar-refractivity contribution is 5.90. The Morgan fingerprint density at radius 3 is 2.57 bits per heavy atom. The Bertz CT molecular complexity index is 1440. The minimum atomic E-state index is -1.20. The number of ether oxygens (including phenoxy) is 1. The zero-order valence-electron chi connectivity index (χ0n) is 28.8. The van der Waals surface area contributed by atoms with Gasteiger partial charge in [0.05, 0.1) is 23.3 Å². The van der Waals surface area contributed by atoms with Gasteiger partial charge in [0.25, 0.3) is 0 Å². The molecule has 3 saturated carbocycles. The minimum Gasteiger partial charge on any atom is -0.481 e. The number of carbonyl (C=O) groups is 2. The molecule has 6 nitrogen and oxygen atoms in total. The summed E-state index contributed by atoms with van der Waals surface area (Å²) < 4.78 is 7.42. The van der Waals surface area contributed by atoms with Crippen LogP contribution in [0.15, 0.2) is 66.4 Å². The van der Waals surface area contributed by atoms with Gasteiger partial charge >= 0.3 is 5.97 Å². The highest BCUT2D eigenvalue weighted by Gasteiger charge is 2.86. The van der Waals surface area contributed by atoms with Crippen LogP contribution < -0.4 is 0 Å². The van der Waals surface area contributed by atoms with Crippen molar-refractivity contribution in [3.05, 3.63) is 77.6 Å². The molecule has 1 aromatic carbocycles. The van der Waals surface area contributed by atoms with Crippen LogP contribution in [-0.2, 0) is 27.4 Å². The van der Waals surface area contributed by atoms with Crippen molar-refractivity contribution in [2.24, 2.45) is 51.8 Å². The number of hydrogen-bond acceptors (Lipinski definition) is 5. The lowest BCUT2D eigenvalue weighted by Crippen LogP contribution is -2.65. The molecule has 47 heavy (non-hydrogen) atoms. The second kappa shape index (κ2) is 12.6. The number of unbranched alkanes of at least 4 members (excludes halogenated alkanes) is 1. The number of carboxylic acid groups (broad SMARTS) is 1. The highest BCUT2D eigenvalue weighted by atomic mass is 16.5. The van der Waals surface area contributed by atoms with E-state index in [1.165, 1.54) is 5.56 Å². The van der Waals surface area contributed by atoms with E-state index in [0.717, 1.165) is 82.1 Å². The van der Waals surface area contributed by atoms with Crippen LogP contribution in [0, 0.1) is 51.8 Å². The van der Waals surface area contributed by atoms with Crippen molar-refractivity contribution >= 4 is 12.3 Å². The molecule has 4 bridgehead atoms. The molecule has 252 valence electrons. The molecule has 4 fully saturated rings. The molecule has 0 radical (unpaired) electrons. The highest BCUT2D eigenvalue weighted by Crippen LogP contribution is 2.84. The van der Waals surface area contributed by atoms with E-state index in [2.05, 4.69) is 86.1 Å². The maximum Gasteiger partial charge on any atom is 0.315 e. The lowest BCUT2D eigenvalue weighted by atomic mass is 9.41. The molecule has 10 atom stereocenters. The third-order valence-electron chi connectivity index (χ3n) is 13.7. The van der Waals surface area contributed by atoms with E-state index in [4.69, 9.17) is 4.74 Å². The van der Waals surface area contributed by atoms with E-state index >= 15 is 0 Å². The number of nitrogens with zero attached hydrogens (tertiary/aromatic N) is 2. The van der Waals surface area contributed by atoms with E-state index in [1.54, 1.807) is 0 Å². The first-order valence-corrected chi connectivity index (χ1v) is 18.4. The molecule has 7 unspecified atom stereocenters. The van der Waals surface area contributed by atoms with Gasteiger partial charge in [0.2, 0.25) is 0 Å². The summed E-state index contributed by atoms with van der Waals surface area (Å²) in [5, 5.41) is 11.6. The van der Waals surface area contributed by atoms with E-state index in [9.17, 15) is 14.7 Å². The van der Waals surface area contributed by atoms with Crippen LogP contribution in [0.2, 0.25) is 0 Å². The van der Waals surface area contributed by atoms with Crippen LogP contribution in [0.4, 0.5) is 0 Å². The quantitative estimate of drug-likeness (QED) is 0.177. The number of allylic oxidation sites excluding steroid dienone is 1. The Hall–Kier alpha value is -2.83. The average molecular weight is 639 g/mol. The summed E-state index contributed by atoms with van der Waals surface area (Å²) in [4.78, 5) is 34.9. The number of aromatic nitrogens is 1. The molecule has 2 aromatic rings. The monoisotopic (exact) mass is 638 g/mol. The minimum absolute atomic E-state index is 0.00829. The fourth-order valence-corrected chi connectivity index (χ4v) is 12.0. The number of carbonyl (C=O) groups excluding carboxylic acids is 1. The molecule has 0 amide bonds. The number of rotatable bonds is 13. The normalized spacial score (nSPS) is 38.6. The molecule has 5 aliphatic rings. The summed E-state index contributed by atoms with van der Waals surface area (Å²) in [6, 6.07) is 16.7. The molecule has 6 heteroatoms. The maximum atomic E-state index is 14.2. The third kappa shape index (κ3) is 4.82. The van der Waals surface area contributed by atoms with Crippen molar-refractivity contribution in [1.29, 1.82) is 0 Å². The smallest absolute Gasteiger partial charge is 0.315 e. The predicted octanol–water partition coefficient (Wildman–Crippen LogP) is 7.97. The van der Waals surface area contributed by atoms with Crippen LogP contribution in [0.25, 0.3) is 0 Å². The zero-order chi connectivity index (χ0) is 33.0. The molecule has 1 aromatic heterocycles. The largest absolute Gasteiger partial charge is 0.481 e. The summed E-state index contributed by atoms with van der Waals surface area (Å²) in [6.07, 6.45) is 12.9. The van der Waals surface area contributed by atoms with Gasteiger partial charge in [0.15, 0.2) is 0 Å². The number of aldehydes is 1. The van der Waals surface area contributed by atoms with Gasteiger partial charge in [-0.3, -0.25) is 14.7 Å². The maximum absolute atomic E-state index is 14.2. The number of carboxylic acids is 1. The van der Waals surface area contributed by atoms with Crippen molar-refractivity contribution in [1.82, 2.24) is 9.88 Å². The van der Waals surface area contributed by atoms with E-state index in [-0.39, 0.29) is 30.0 Å². The molecule has 1 saturated heterocycles. The van der Waals surface area contributed by atoms with Crippen molar-refractivity contribution < 1.29 is 19.4 Å². The van der Waals surface area contributed by atoms with Gasteiger partial charge in [0, 0.05) is 31.2 Å². The Morgan fingerprint density at radius 2 is 1.89 bits per heavy atom. The van der Waals surface area contributed by atoms with Gasteiger partial charge in [-0.25, -0.2) is 0 Å². The molecule has 7 rings (SSSR count). The zero-order valence-corrected chi connectivity index (χ0v) is 28.8. The lowest BCUT2D eigenvalue weighted by molar-refractivity contribution is -0.197. The van der Waals surface area contributed by atoms with Crippen molar-refractivity contribution in [2.45, 2.75) is 104 Å². The van der Waals surface area contributed by atoms with Gasteiger partial charge in [-0.15, -0.1) is 0 Å². The van der Waals surface area contributed by atoms with Crippen LogP contribution in [0.5, 0.6) is 0 Å². The van der Waals surface area contributed by atoms with Crippen molar-refractivity contribution in [2.75, 3.05) is 6.54 Å². The number of fused-ring (bicyclic) bond motifs is 2. The third-order valence-corrected chi connectivity index (χ3v) is 13.7. The van der Waals surface area contributed by atoms with E-state index in [1.807, 2.05) is 12.3 Å². The second-order valence-electron chi connectivity index (χ2n) is 16.1. The molecule has 2 heterocycles. The number of benzene rings is 1. The fraction of sp³-hybridized carbons (Fsp3) is 0.634. The van der Waals surface area contributed by atoms with Crippen molar-refractivity contribution in [3.63, 3.8) is 0 Å². The molecular formula is C41H54N2O4. The van der Waals surface area contributed by atoms with Crippen LogP contribution in [0.1, 0.15) is 90.3 Å². The standard InChI is InChI=1S/C41H54N2O4/c1-5-6-14-30-19-37(47-36(30)25-43(23-29-12-8-7-9-13-29)24-32-15-10-11-18-42-32)40-22-33-28(4)16-17-34(33)39(26-44)21-31(40)20-35(27(2)3)41(39,40)38(45)46/h7-13,15,18,20,26-28,30-31,33-34,36-37H,5-6,14,16-17,19,21-25H2,1-4H3,(H,45,46)/t28-,30?,31?,33-,34-,36?,37?,39?,40?,41?/m1/s1. The molecule has 4 aliphatic carbocycles. The topological polar surface area (TPSA) is 79.7 Å².